The number of nitrogens with one attached hydrogen (secondary N) is 1. The maximum absolute atomic E-state index is 10.2. The molecule has 0 spiro atoms. The van der Waals surface area contributed by atoms with E-state index in [0.717, 1.165) is 39.5 Å². The van der Waals surface area contributed by atoms with Gasteiger partial charge in [0.15, 0.2) is 3.95 Å². The maximum atomic E-state index is 10.2. The second-order valence-electron chi connectivity index (χ2n) is 9.83. The lowest BCUT2D eigenvalue weighted by atomic mass is 9.63. The molecule has 3 aromatic rings. The predicted octanol–water partition coefficient (Wildman–Crippen LogP) is 7.14. The van der Waals surface area contributed by atoms with Crippen LogP contribution in [0.5, 0.6) is 17.4 Å². The summed E-state index contributed by atoms with van der Waals surface area (Å²) in [5.41, 5.74) is 6.07. The van der Waals surface area contributed by atoms with Gasteiger partial charge in [-0.1, -0.05) is 52.0 Å². The molecular weight excluding hydrogens is 438 g/mol. The molecule has 0 unspecified atom stereocenters. The number of hydrogen-bond donors (Lipinski definition) is 2. The van der Waals surface area contributed by atoms with E-state index >= 15 is 0 Å². The van der Waals surface area contributed by atoms with Gasteiger partial charge in [0, 0.05) is 12.0 Å². The van der Waals surface area contributed by atoms with E-state index in [1.165, 1.54) is 28.9 Å². The Kier molecular flexibility index (Phi) is 5.88. The van der Waals surface area contributed by atoms with Crippen LogP contribution in [0.3, 0.4) is 0 Å². The third kappa shape index (κ3) is 3.95. The van der Waals surface area contributed by atoms with Gasteiger partial charge in [-0.05, 0) is 58.6 Å². The van der Waals surface area contributed by atoms with Gasteiger partial charge < -0.3 is 19.6 Å². The van der Waals surface area contributed by atoms with Gasteiger partial charge in [-0.2, -0.15) is 0 Å². The summed E-state index contributed by atoms with van der Waals surface area (Å²) in [4.78, 5) is 3.60. The van der Waals surface area contributed by atoms with Crippen molar-refractivity contribution >= 4 is 23.6 Å². The Morgan fingerprint density at radius 1 is 1.00 bits per heavy atom. The highest BCUT2D eigenvalue weighted by Crippen LogP contribution is 2.49. The van der Waals surface area contributed by atoms with Crippen molar-refractivity contribution in [3.05, 3.63) is 55.9 Å². The van der Waals surface area contributed by atoms with Gasteiger partial charge in [0.1, 0.15) is 11.5 Å². The molecule has 0 atom stereocenters. The molecule has 1 aliphatic carbocycles. The minimum Gasteiger partial charge on any atom is -0.496 e. The van der Waals surface area contributed by atoms with Crippen molar-refractivity contribution in [1.29, 1.82) is 0 Å². The molecule has 1 aliphatic rings. The normalized spacial score (nSPS) is 16.4. The molecule has 0 saturated carbocycles. The van der Waals surface area contributed by atoms with Crippen LogP contribution in [0.2, 0.25) is 0 Å². The van der Waals surface area contributed by atoms with Crippen LogP contribution in [0.4, 0.5) is 0 Å². The van der Waals surface area contributed by atoms with E-state index in [1.807, 2.05) is 12.1 Å². The molecule has 4 rings (SSSR count). The maximum Gasteiger partial charge on any atom is 0.203 e. The number of ether oxygens (including phenoxy) is 2. The van der Waals surface area contributed by atoms with E-state index in [-0.39, 0.29) is 16.7 Å². The fraction of sp³-hybridized carbons (Fsp3) is 0.423. The monoisotopic (exact) mass is 469 g/mol. The number of benzene rings is 2. The van der Waals surface area contributed by atoms with Crippen LogP contribution in [0, 0.1) is 3.95 Å². The zero-order chi connectivity index (χ0) is 23.3. The van der Waals surface area contributed by atoms with Crippen LogP contribution in [-0.2, 0) is 17.3 Å². The first-order valence-corrected chi connectivity index (χ1v) is 12.1. The lowest BCUT2D eigenvalue weighted by Crippen LogP contribution is -2.33. The number of H-pyrrole nitrogens is 1. The summed E-state index contributed by atoms with van der Waals surface area (Å²) in [5, 5.41) is 10.2. The van der Waals surface area contributed by atoms with Gasteiger partial charge >= 0.3 is 0 Å². The number of hydrogen-bond acceptors (Lipinski definition) is 5. The molecule has 1 aromatic heterocycles. The SMILES string of the molecule is COc1ccc(Cc2sc(=S)[nH]c2O)c(OC)c1-c1ccc2c(c1)C(C)(C)CCC2(C)C. The van der Waals surface area contributed by atoms with Crippen molar-refractivity contribution < 1.29 is 14.6 Å². The third-order valence-electron chi connectivity index (χ3n) is 6.82. The molecule has 0 aliphatic heterocycles. The molecule has 4 nitrogen and oxygen atoms in total. The number of aromatic hydroxyl groups is 1. The van der Waals surface area contributed by atoms with Crippen LogP contribution in [0.1, 0.15) is 62.1 Å². The molecule has 32 heavy (non-hydrogen) atoms. The molecule has 1 heterocycles. The first-order valence-electron chi connectivity index (χ1n) is 10.9. The van der Waals surface area contributed by atoms with Crippen molar-refractivity contribution in [2.24, 2.45) is 0 Å². The highest BCUT2D eigenvalue weighted by molar-refractivity contribution is 7.73. The molecule has 0 saturated heterocycles. The number of rotatable bonds is 5. The second kappa shape index (κ2) is 8.23. The first-order chi connectivity index (χ1) is 15.1. The van der Waals surface area contributed by atoms with Gasteiger partial charge in [-0.25, -0.2) is 0 Å². The van der Waals surface area contributed by atoms with Gasteiger partial charge in [0.2, 0.25) is 5.88 Å². The Hall–Kier alpha value is -2.31. The largest absolute Gasteiger partial charge is 0.496 e. The number of thiazole rings is 1. The van der Waals surface area contributed by atoms with Gasteiger partial charge in [-0.3, -0.25) is 0 Å². The Morgan fingerprint density at radius 2 is 1.69 bits per heavy atom. The van der Waals surface area contributed by atoms with Gasteiger partial charge in [0.25, 0.3) is 0 Å². The number of aromatic amines is 1. The topological polar surface area (TPSA) is 54.5 Å². The summed E-state index contributed by atoms with van der Waals surface area (Å²) < 4.78 is 12.3. The lowest BCUT2D eigenvalue weighted by molar-refractivity contribution is 0.332. The summed E-state index contributed by atoms with van der Waals surface area (Å²) in [7, 11) is 3.37. The number of aromatic nitrogens is 1. The molecule has 2 aromatic carbocycles. The fourth-order valence-electron chi connectivity index (χ4n) is 4.81. The van der Waals surface area contributed by atoms with Gasteiger partial charge in [-0.15, -0.1) is 11.3 Å². The van der Waals surface area contributed by atoms with E-state index in [0.29, 0.717) is 10.4 Å². The third-order valence-corrected chi connectivity index (χ3v) is 8.04. The van der Waals surface area contributed by atoms with Crippen LogP contribution in [0.25, 0.3) is 11.1 Å². The smallest absolute Gasteiger partial charge is 0.203 e. The Bertz CT molecular complexity index is 1220. The van der Waals surface area contributed by atoms with Crippen LogP contribution < -0.4 is 9.47 Å². The zero-order valence-corrected chi connectivity index (χ0v) is 21.2. The van der Waals surface area contributed by atoms with Crippen molar-refractivity contribution in [2.75, 3.05) is 14.2 Å². The molecule has 0 radical (unpaired) electrons. The Balaban J connectivity index is 1.90. The second-order valence-corrected chi connectivity index (χ2v) is 11.6. The fourth-order valence-corrected chi connectivity index (χ4v) is 5.96. The van der Waals surface area contributed by atoms with E-state index in [1.54, 1.807) is 14.2 Å². The average Bonchev–Trinajstić information content (AvgIpc) is 3.07. The number of fused-ring (bicyclic) bond motifs is 1. The first kappa shape index (κ1) is 22.9. The lowest BCUT2D eigenvalue weighted by Gasteiger charge is -2.42. The Morgan fingerprint density at radius 3 is 2.28 bits per heavy atom. The predicted molar refractivity (Wildman–Crippen MR) is 134 cm³/mol. The average molecular weight is 470 g/mol. The van der Waals surface area contributed by atoms with Crippen molar-refractivity contribution in [3.8, 4) is 28.5 Å². The number of methoxy groups -OCH3 is 2. The van der Waals surface area contributed by atoms with Crippen molar-refractivity contribution in [3.63, 3.8) is 0 Å². The highest BCUT2D eigenvalue weighted by Gasteiger charge is 2.37. The van der Waals surface area contributed by atoms with E-state index in [4.69, 9.17) is 21.7 Å². The molecule has 170 valence electrons. The standard InChI is InChI=1S/C26H31NO3S2/c1-25(2)11-12-26(3,4)18-13-15(7-9-17(18)25)21-19(29-5)10-8-16(22(21)30-6)14-20-23(28)27-24(31)32-20/h7-10,13,28H,11-12,14H2,1-6H3,(H,27,31). The van der Waals surface area contributed by atoms with Crippen LogP contribution >= 0.6 is 23.6 Å². The summed E-state index contributed by atoms with van der Waals surface area (Å²) in [6.45, 7) is 9.33. The summed E-state index contributed by atoms with van der Waals surface area (Å²) in [6.07, 6.45) is 2.86. The van der Waals surface area contributed by atoms with Crippen LogP contribution in [0.15, 0.2) is 30.3 Å². The van der Waals surface area contributed by atoms with Crippen molar-refractivity contribution in [2.45, 2.75) is 57.8 Å². The summed E-state index contributed by atoms with van der Waals surface area (Å²) in [5.74, 6) is 1.65. The quantitative estimate of drug-likeness (QED) is 0.390. The summed E-state index contributed by atoms with van der Waals surface area (Å²) >= 11 is 6.57. The minimum absolute atomic E-state index is 0.109. The van der Waals surface area contributed by atoms with E-state index in [2.05, 4.69) is 50.9 Å². The molecule has 6 heteroatoms. The Labute approximate surface area is 199 Å². The summed E-state index contributed by atoms with van der Waals surface area (Å²) in [6, 6.07) is 10.8. The minimum atomic E-state index is 0.109. The molecule has 2 N–H and O–H groups in total. The van der Waals surface area contributed by atoms with E-state index < -0.39 is 0 Å². The van der Waals surface area contributed by atoms with Crippen LogP contribution in [-0.4, -0.2) is 24.3 Å². The molecule has 0 bridgehead atoms. The molecule has 0 amide bonds. The van der Waals surface area contributed by atoms with Gasteiger partial charge in [0.05, 0.1) is 24.7 Å². The van der Waals surface area contributed by atoms with E-state index in [9.17, 15) is 5.11 Å². The molecular formula is C26H31NO3S2. The highest BCUT2D eigenvalue weighted by atomic mass is 32.1. The van der Waals surface area contributed by atoms with Crippen molar-refractivity contribution in [1.82, 2.24) is 4.98 Å². The molecule has 0 fully saturated rings. The zero-order valence-electron chi connectivity index (χ0n) is 19.6.